The Morgan fingerprint density at radius 1 is 1.14 bits per heavy atom. The molecule has 1 aromatic carbocycles. The minimum absolute atomic E-state index is 0.119. The molecule has 4 heterocycles. The molecule has 5 rings (SSSR count). The van der Waals surface area contributed by atoms with Crippen molar-refractivity contribution < 1.29 is 22.4 Å². The van der Waals surface area contributed by atoms with Gasteiger partial charge in [-0.2, -0.15) is 13.2 Å². The summed E-state index contributed by atoms with van der Waals surface area (Å²) in [5.74, 6) is 0.0431. The van der Waals surface area contributed by atoms with Crippen LogP contribution in [0, 0.1) is 5.92 Å². The molecule has 2 N–H and O–H groups in total. The second-order valence-electron chi connectivity index (χ2n) is 9.03. The zero-order chi connectivity index (χ0) is 25.1. The number of hydrogen-bond acceptors (Lipinski definition) is 6. The number of aromatic nitrogens is 2. The van der Waals surface area contributed by atoms with Crippen molar-refractivity contribution in [3.8, 4) is 11.3 Å². The molecule has 0 radical (unpaired) electrons. The Morgan fingerprint density at radius 2 is 2.03 bits per heavy atom. The highest BCUT2D eigenvalue weighted by Crippen LogP contribution is 2.36. The Labute approximate surface area is 206 Å². The van der Waals surface area contributed by atoms with Crippen LogP contribution >= 0.6 is 0 Å². The van der Waals surface area contributed by atoms with E-state index in [0.29, 0.717) is 48.3 Å². The molecule has 11 heteroatoms. The number of rotatable bonds is 3. The molecule has 0 spiro atoms. The third kappa shape index (κ3) is 5.24. The monoisotopic (exact) mass is 500 g/mol. The maximum absolute atomic E-state index is 13.4. The number of nitrogens with zero attached hydrogens (tertiary/aromatic N) is 4. The SMILES string of the molecule is O=C(Nc1cccc(-c2cnco2)c1)N1CCCCNc2ccc(N3CCCC(C(F)(F)F)C3)nc21. The average molecular weight is 501 g/mol. The Bertz CT molecular complexity index is 1200. The Morgan fingerprint density at radius 3 is 2.83 bits per heavy atom. The molecule has 3 aromatic rings. The molecule has 2 aliphatic heterocycles. The van der Waals surface area contributed by atoms with Crippen LogP contribution < -0.4 is 20.4 Å². The number of oxazole rings is 1. The highest BCUT2D eigenvalue weighted by molar-refractivity contribution is 6.03. The summed E-state index contributed by atoms with van der Waals surface area (Å²) >= 11 is 0. The van der Waals surface area contributed by atoms with Crippen LogP contribution in [0.5, 0.6) is 0 Å². The van der Waals surface area contributed by atoms with Crippen molar-refractivity contribution in [3.63, 3.8) is 0 Å². The number of urea groups is 1. The van der Waals surface area contributed by atoms with Crippen LogP contribution in [0.2, 0.25) is 0 Å². The Hall–Kier alpha value is -3.76. The standard InChI is InChI=1S/C25H27F3N6O2/c26-25(27,28)18-6-4-11-33(15-18)22-9-8-20-23(32-22)34(12-2-1-10-30-20)24(35)31-19-7-3-5-17(13-19)21-14-29-16-36-21/h3,5,7-9,13-14,16,18,30H,1-2,4,6,10-12,15H2,(H,31,35). The van der Waals surface area contributed by atoms with Crippen molar-refractivity contribution in [3.05, 3.63) is 49.0 Å². The zero-order valence-corrected chi connectivity index (χ0v) is 19.6. The molecule has 1 unspecified atom stereocenters. The maximum atomic E-state index is 13.4. The summed E-state index contributed by atoms with van der Waals surface area (Å²) in [5.41, 5.74) is 2.02. The van der Waals surface area contributed by atoms with Gasteiger partial charge in [-0.25, -0.2) is 14.8 Å². The molecule has 0 saturated carbocycles. The largest absolute Gasteiger partial charge is 0.444 e. The van der Waals surface area contributed by atoms with Crippen LogP contribution in [-0.2, 0) is 0 Å². The summed E-state index contributed by atoms with van der Waals surface area (Å²) < 4.78 is 45.4. The van der Waals surface area contributed by atoms with E-state index in [4.69, 9.17) is 9.40 Å². The molecular formula is C25H27F3N6O2. The number of hydrogen-bond donors (Lipinski definition) is 2. The predicted molar refractivity (Wildman–Crippen MR) is 131 cm³/mol. The van der Waals surface area contributed by atoms with E-state index in [1.165, 1.54) is 6.39 Å². The van der Waals surface area contributed by atoms with E-state index < -0.39 is 12.1 Å². The highest BCUT2D eigenvalue weighted by Gasteiger charge is 2.42. The average Bonchev–Trinajstić information content (AvgIpc) is 3.39. The third-order valence-corrected chi connectivity index (χ3v) is 6.52. The van der Waals surface area contributed by atoms with E-state index in [0.717, 1.165) is 24.9 Å². The molecule has 2 aliphatic rings. The fraction of sp³-hybridized carbons (Fsp3) is 0.400. The van der Waals surface area contributed by atoms with E-state index in [2.05, 4.69) is 15.6 Å². The summed E-state index contributed by atoms with van der Waals surface area (Å²) in [4.78, 5) is 25.3. The Balaban J connectivity index is 1.40. The number of anilines is 4. The van der Waals surface area contributed by atoms with Gasteiger partial charge >= 0.3 is 12.2 Å². The predicted octanol–water partition coefficient (Wildman–Crippen LogP) is 5.76. The van der Waals surface area contributed by atoms with E-state index in [1.54, 1.807) is 46.3 Å². The smallest absolute Gasteiger partial charge is 0.393 e. The molecule has 36 heavy (non-hydrogen) atoms. The van der Waals surface area contributed by atoms with Crippen molar-refractivity contribution in [1.29, 1.82) is 0 Å². The van der Waals surface area contributed by atoms with E-state index >= 15 is 0 Å². The molecule has 2 amide bonds. The molecule has 1 saturated heterocycles. The molecule has 8 nitrogen and oxygen atoms in total. The van der Waals surface area contributed by atoms with Crippen molar-refractivity contribution in [1.82, 2.24) is 9.97 Å². The molecule has 0 aliphatic carbocycles. The number of benzene rings is 1. The number of carbonyl (C=O) groups is 1. The van der Waals surface area contributed by atoms with Crippen LogP contribution in [0.3, 0.4) is 0 Å². The molecule has 190 valence electrons. The maximum Gasteiger partial charge on any atom is 0.393 e. The minimum atomic E-state index is -4.24. The lowest BCUT2D eigenvalue weighted by Gasteiger charge is -2.35. The van der Waals surface area contributed by atoms with Gasteiger partial charge in [-0.3, -0.25) is 4.90 Å². The molecular weight excluding hydrogens is 473 g/mol. The number of halogens is 3. The van der Waals surface area contributed by atoms with Gasteiger partial charge in [0, 0.05) is 37.4 Å². The molecule has 1 fully saturated rings. The lowest BCUT2D eigenvalue weighted by molar-refractivity contribution is -0.176. The van der Waals surface area contributed by atoms with Crippen LogP contribution in [-0.4, -0.2) is 48.4 Å². The number of carbonyl (C=O) groups excluding carboxylic acids is 1. The van der Waals surface area contributed by atoms with Gasteiger partial charge in [0.2, 0.25) is 0 Å². The van der Waals surface area contributed by atoms with Crippen molar-refractivity contribution in [2.45, 2.75) is 31.9 Å². The summed E-state index contributed by atoms with van der Waals surface area (Å²) in [6, 6.07) is 10.4. The first-order valence-electron chi connectivity index (χ1n) is 12.0. The second kappa shape index (κ2) is 10.1. The van der Waals surface area contributed by atoms with Gasteiger partial charge in [0.1, 0.15) is 5.82 Å². The summed E-state index contributed by atoms with van der Waals surface area (Å²) in [6.45, 7) is 1.52. The van der Waals surface area contributed by atoms with Gasteiger partial charge in [-0.1, -0.05) is 12.1 Å². The van der Waals surface area contributed by atoms with E-state index in [1.807, 2.05) is 6.07 Å². The molecule has 1 atom stereocenters. The molecule has 0 bridgehead atoms. The van der Waals surface area contributed by atoms with Crippen LogP contribution in [0.15, 0.2) is 53.4 Å². The van der Waals surface area contributed by atoms with E-state index in [9.17, 15) is 18.0 Å². The number of fused-ring (bicyclic) bond motifs is 1. The minimum Gasteiger partial charge on any atom is -0.444 e. The van der Waals surface area contributed by atoms with Gasteiger partial charge in [0.05, 0.1) is 17.8 Å². The lowest BCUT2D eigenvalue weighted by Crippen LogP contribution is -2.42. The van der Waals surface area contributed by atoms with Gasteiger partial charge < -0.3 is 20.0 Å². The van der Waals surface area contributed by atoms with Crippen molar-refractivity contribution >= 4 is 29.0 Å². The lowest BCUT2D eigenvalue weighted by atomic mass is 9.97. The van der Waals surface area contributed by atoms with Gasteiger partial charge in [0.15, 0.2) is 18.0 Å². The zero-order valence-electron chi connectivity index (χ0n) is 19.6. The van der Waals surface area contributed by atoms with Crippen LogP contribution in [0.25, 0.3) is 11.3 Å². The number of piperidine rings is 1. The van der Waals surface area contributed by atoms with Gasteiger partial charge in [-0.05, 0) is 49.9 Å². The van der Waals surface area contributed by atoms with Crippen molar-refractivity contribution in [2.75, 3.05) is 46.6 Å². The number of amides is 2. The van der Waals surface area contributed by atoms with Gasteiger partial charge in [-0.15, -0.1) is 0 Å². The van der Waals surface area contributed by atoms with Crippen LogP contribution in [0.1, 0.15) is 25.7 Å². The third-order valence-electron chi connectivity index (χ3n) is 6.52. The first kappa shape index (κ1) is 24.0. The normalized spacial score (nSPS) is 18.6. The topological polar surface area (TPSA) is 86.5 Å². The number of nitrogens with one attached hydrogen (secondary N) is 2. The summed E-state index contributed by atoms with van der Waals surface area (Å²) in [6.07, 6.45) is 0.871. The van der Waals surface area contributed by atoms with Crippen LogP contribution in [0.4, 0.5) is 41.0 Å². The molecule has 2 aromatic heterocycles. The first-order chi connectivity index (χ1) is 17.4. The number of pyridine rings is 1. The summed E-state index contributed by atoms with van der Waals surface area (Å²) in [7, 11) is 0. The van der Waals surface area contributed by atoms with Crippen molar-refractivity contribution in [2.24, 2.45) is 5.92 Å². The first-order valence-corrected chi connectivity index (χ1v) is 12.0. The fourth-order valence-electron chi connectivity index (χ4n) is 4.63. The van der Waals surface area contributed by atoms with Gasteiger partial charge in [0.25, 0.3) is 0 Å². The second-order valence-corrected chi connectivity index (χ2v) is 9.03. The number of alkyl halides is 3. The fourth-order valence-corrected chi connectivity index (χ4v) is 4.63. The summed E-state index contributed by atoms with van der Waals surface area (Å²) in [5, 5.41) is 6.23. The Kier molecular flexibility index (Phi) is 6.71. The quantitative estimate of drug-likeness (QED) is 0.476. The van der Waals surface area contributed by atoms with E-state index in [-0.39, 0.29) is 19.0 Å². The highest BCUT2D eigenvalue weighted by atomic mass is 19.4.